The molecule has 2 aromatic rings. The maximum absolute atomic E-state index is 5.51. The molecule has 0 aromatic carbocycles. The van der Waals surface area contributed by atoms with Crippen LogP contribution in [0.5, 0.6) is 0 Å². The smallest absolute Gasteiger partial charge is 0.146 e. The second kappa shape index (κ2) is 4.75. The summed E-state index contributed by atoms with van der Waals surface area (Å²) < 4.78 is 0. The average molecular weight is 220 g/mol. The minimum Gasteiger partial charge on any atom is -0.382 e. The van der Waals surface area contributed by atoms with Crippen LogP contribution in [0.4, 0.5) is 11.6 Å². The van der Waals surface area contributed by atoms with Crippen molar-refractivity contribution in [1.29, 1.82) is 0 Å². The van der Waals surface area contributed by atoms with Crippen molar-refractivity contribution < 1.29 is 0 Å². The van der Waals surface area contributed by atoms with E-state index in [0.29, 0.717) is 5.82 Å². The van der Waals surface area contributed by atoms with Gasteiger partial charge in [0.2, 0.25) is 0 Å². The number of rotatable bonds is 4. The Balaban J connectivity index is 1.83. The van der Waals surface area contributed by atoms with Crippen LogP contribution in [-0.2, 0) is 6.42 Å². The van der Waals surface area contributed by atoms with Crippen LogP contribution in [0.15, 0.2) is 29.2 Å². The van der Waals surface area contributed by atoms with E-state index in [4.69, 9.17) is 5.73 Å². The molecule has 0 radical (unpaired) electrons. The number of nitrogens with zero attached hydrogens (tertiary/aromatic N) is 2. The van der Waals surface area contributed by atoms with Crippen molar-refractivity contribution in [3.8, 4) is 0 Å². The number of anilines is 2. The Morgan fingerprint density at radius 3 is 3.07 bits per heavy atom. The van der Waals surface area contributed by atoms with Gasteiger partial charge in [0.25, 0.3) is 0 Å². The first kappa shape index (κ1) is 9.92. The lowest BCUT2D eigenvalue weighted by atomic mass is 10.2. The summed E-state index contributed by atoms with van der Waals surface area (Å²) in [4.78, 5) is 8.05. The van der Waals surface area contributed by atoms with Gasteiger partial charge < -0.3 is 11.1 Å². The summed E-state index contributed by atoms with van der Waals surface area (Å²) >= 11 is 1.71. The van der Waals surface area contributed by atoms with Crippen LogP contribution in [0.2, 0.25) is 0 Å². The van der Waals surface area contributed by atoms with Crippen LogP contribution in [0, 0.1) is 0 Å². The topological polar surface area (TPSA) is 63.8 Å². The van der Waals surface area contributed by atoms with E-state index in [-0.39, 0.29) is 0 Å². The summed E-state index contributed by atoms with van der Waals surface area (Å²) in [7, 11) is 0. The van der Waals surface area contributed by atoms with Crippen molar-refractivity contribution in [3.63, 3.8) is 0 Å². The Bertz CT molecular complexity index is 413. The molecule has 0 unspecified atom stereocenters. The molecule has 0 amide bonds. The molecule has 0 aliphatic heterocycles. The highest BCUT2D eigenvalue weighted by atomic mass is 32.1. The monoisotopic (exact) mass is 220 g/mol. The van der Waals surface area contributed by atoms with Crippen molar-refractivity contribution in [2.45, 2.75) is 6.42 Å². The molecule has 4 nitrogen and oxygen atoms in total. The number of aromatic nitrogens is 2. The fraction of sp³-hybridized carbons (Fsp3) is 0.200. The maximum atomic E-state index is 5.51. The van der Waals surface area contributed by atoms with Crippen LogP contribution in [0.25, 0.3) is 0 Å². The number of hydrogen-bond donors (Lipinski definition) is 2. The molecule has 2 rings (SSSR count). The van der Waals surface area contributed by atoms with Gasteiger partial charge in [-0.3, -0.25) is 4.98 Å². The molecule has 0 saturated heterocycles. The van der Waals surface area contributed by atoms with E-state index in [2.05, 4.69) is 32.1 Å². The van der Waals surface area contributed by atoms with E-state index in [1.165, 1.54) is 11.8 Å². The highest BCUT2D eigenvalue weighted by Gasteiger charge is 1.96. The van der Waals surface area contributed by atoms with E-state index in [1.807, 2.05) is 0 Å². The van der Waals surface area contributed by atoms with Gasteiger partial charge in [-0.15, -0.1) is 0 Å². The quantitative estimate of drug-likeness (QED) is 0.824. The summed E-state index contributed by atoms with van der Waals surface area (Å²) in [5.41, 5.74) is 6.85. The lowest BCUT2D eigenvalue weighted by Crippen LogP contribution is -2.07. The third kappa shape index (κ3) is 2.92. The normalized spacial score (nSPS) is 10.1. The van der Waals surface area contributed by atoms with Crippen molar-refractivity contribution in [2.24, 2.45) is 0 Å². The first-order chi connectivity index (χ1) is 7.34. The number of nitrogens with one attached hydrogen (secondary N) is 1. The first-order valence-electron chi connectivity index (χ1n) is 4.67. The van der Waals surface area contributed by atoms with Crippen LogP contribution in [-0.4, -0.2) is 16.5 Å². The fourth-order valence-corrected chi connectivity index (χ4v) is 1.94. The zero-order chi connectivity index (χ0) is 10.5. The summed E-state index contributed by atoms with van der Waals surface area (Å²) in [6, 6.07) is 2.12. The lowest BCUT2D eigenvalue weighted by Gasteiger charge is -2.04. The van der Waals surface area contributed by atoms with Crippen molar-refractivity contribution >= 4 is 23.0 Å². The Hall–Kier alpha value is -1.62. The Morgan fingerprint density at radius 1 is 1.40 bits per heavy atom. The fourth-order valence-electron chi connectivity index (χ4n) is 1.24. The van der Waals surface area contributed by atoms with Gasteiger partial charge in [0.15, 0.2) is 0 Å². The number of thiophene rings is 1. The summed E-state index contributed by atoms with van der Waals surface area (Å²) in [5.74, 6) is 1.17. The van der Waals surface area contributed by atoms with Crippen molar-refractivity contribution in [3.05, 3.63) is 34.8 Å². The number of nitrogens with two attached hydrogens (primary N) is 1. The molecule has 0 saturated carbocycles. The second-order valence-electron chi connectivity index (χ2n) is 3.14. The van der Waals surface area contributed by atoms with E-state index >= 15 is 0 Å². The predicted octanol–water partition coefficient (Wildman–Crippen LogP) is 1.77. The number of hydrogen-bond acceptors (Lipinski definition) is 5. The molecule has 5 heteroatoms. The predicted molar refractivity (Wildman–Crippen MR) is 63.0 cm³/mol. The Morgan fingerprint density at radius 2 is 2.33 bits per heavy atom. The van der Waals surface area contributed by atoms with E-state index in [9.17, 15) is 0 Å². The average Bonchev–Trinajstić information content (AvgIpc) is 2.71. The minimum atomic E-state index is 0.440. The van der Waals surface area contributed by atoms with Crippen LogP contribution in [0.3, 0.4) is 0 Å². The molecule has 0 bridgehead atoms. The largest absolute Gasteiger partial charge is 0.382 e. The van der Waals surface area contributed by atoms with Gasteiger partial charge >= 0.3 is 0 Å². The molecule has 0 aliphatic rings. The van der Waals surface area contributed by atoms with E-state index in [0.717, 1.165) is 18.8 Å². The van der Waals surface area contributed by atoms with E-state index in [1.54, 1.807) is 17.5 Å². The SMILES string of the molecule is Nc1cncc(NCCc2ccsc2)n1. The molecule has 0 fully saturated rings. The van der Waals surface area contributed by atoms with Gasteiger partial charge in [0.1, 0.15) is 11.6 Å². The second-order valence-corrected chi connectivity index (χ2v) is 3.92. The van der Waals surface area contributed by atoms with Gasteiger partial charge in [-0.1, -0.05) is 0 Å². The molecule has 15 heavy (non-hydrogen) atoms. The molecule has 3 N–H and O–H groups in total. The third-order valence-corrected chi connectivity index (χ3v) is 2.69. The summed E-state index contributed by atoms with van der Waals surface area (Å²) in [6.07, 6.45) is 4.19. The van der Waals surface area contributed by atoms with Gasteiger partial charge in [-0.2, -0.15) is 11.3 Å². The molecule has 2 heterocycles. The molecule has 0 aliphatic carbocycles. The standard InChI is InChI=1S/C10H12N4S/c11-9-5-12-6-10(14-9)13-3-1-8-2-4-15-7-8/h2,4-7H,1,3H2,(H3,11,13,14). The highest BCUT2D eigenvalue weighted by molar-refractivity contribution is 7.07. The highest BCUT2D eigenvalue weighted by Crippen LogP contribution is 2.07. The van der Waals surface area contributed by atoms with Crippen molar-refractivity contribution in [2.75, 3.05) is 17.6 Å². The van der Waals surface area contributed by atoms with E-state index < -0.39 is 0 Å². The minimum absolute atomic E-state index is 0.440. The Kier molecular flexibility index (Phi) is 3.14. The summed E-state index contributed by atoms with van der Waals surface area (Å²) in [5, 5.41) is 7.40. The van der Waals surface area contributed by atoms with Crippen molar-refractivity contribution in [1.82, 2.24) is 9.97 Å². The summed E-state index contributed by atoms with van der Waals surface area (Å²) in [6.45, 7) is 0.842. The van der Waals surface area contributed by atoms with Crippen LogP contribution in [0.1, 0.15) is 5.56 Å². The first-order valence-corrected chi connectivity index (χ1v) is 5.61. The molecule has 0 spiro atoms. The zero-order valence-corrected chi connectivity index (χ0v) is 9.00. The molecular weight excluding hydrogens is 208 g/mol. The van der Waals surface area contributed by atoms with Crippen LogP contribution < -0.4 is 11.1 Å². The third-order valence-electron chi connectivity index (χ3n) is 1.95. The molecule has 78 valence electrons. The molecule has 0 atom stereocenters. The van der Waals surface area contributed by atoms with Crippen LogP contribution >= 0.6 is 11.3 Å². The zero-order valence-electron chi connectivity index (χ0n) is 8.18. The number of nitrogen functional groups attached to an aromatic ring is 1. The lowest BCUT2D eigenvalue weighted by molar-refractivity contribution is 1.01. The molecular formula is C10H12N4S. The maximum Gasteiger partial charge on any atom is 0.146 e. The van der Waals surface area contributed by atoms with Gasteiger partial charge in [0, 0.05) is 6.54 Å². The Labute approximate surface area is 92.2 Å². The van der Waals surface area contributed by atoms with Gasteiger partial charge in [-0.25, -0.2) is 4.98 Å². The molecule has 2 aromatic heterocycles. The van der Waals surface area contributed by atoms with Gasteiger partial charge in [0.05, 0.1) is 12.4 Å². The van der Waals surface area contributed by atoms with Gasteiger partial charge in [-0.05, 0) is 28.8 Å².